The second-order valence-electron chi connectivity index (χ2n) is 5.95. The van der Waals surface area contributed by atoms with Crippen molar-refractivity contribution in [3.8, 4) is 22.6 Å². The molecule has 0 saturated carbocycles. The summed E-state index contributed by atoms with van der Waals surface area (Å²) in [6.45, 7) is 7.67. The zero-order chi connectivity index (χ0) is 18.6. The van der Waals surface area contributed by atoms with Crippen LogP contribution < -0.4 is 0 Å². The molecule has 0 aliphatic heterocycles. The van der Waals surface area contributed by atoms with Crippen LogP contribution in [-0.2, 0) is 11.2 Å². The summed E-state index contributed by atoms with van der Waals surface area (Å²) in [5, 5.41) is 20.2. The number of benzene rings is 2. The Balaban J connectivity index is 2.76. The van der Waals surface area contributed by atoms with Gasteiger partial charge in [0.2, 0.25) is 0 Å². The first-order valence-corrected chi connectivity index (χ1v) is 7.91. The van der Waals surface area contributed by atoms with E-state index in [0.29, 0.717) is 28.7 Å². The Morgan fingerprint density at radius 2 is 1.88 bits per heavy atom. The summed E-state index contributed by atoms with van der Waals surface area (Å²) < 4.78 is 4.88. The Morgan fingerprint density at radius 3 is 2.48 bits per heavy atom. The monoisotopic (exact) mass is 338 g/mol. The first kappa shape index (κ1) is 18.3. The molecule has 0 aliphatic rings. The molecule has 0 saturated heterocycles. The van der Waals surface area contributed by atoms with E-state index in [1.54, 1.807) is 24.3 Å². The van der Waals surface area contributed by atoms with Crippen LogP contribution in [0, 0.1) is 0 Å². The fraction of sp³-hybridized carbons (Fsp3) is 0.190. The molecule has 2 aromatic carbocycles. The number of rotatable bonds is 5. The van der Waals surface area contributed by atoms with Gasteiger partial charge in [-0.1, -0.05) is 36.4 Å². The van der Waals surface area contributed by atoms with E-state index in [9.17, 15) is 15.0 Å². The lowest BCUT2D eigenvalue weighted by Crippen LogP contribution is -2.05. The first-order valence-electron chi connectivity index (χ1n) is 7.91. The van der Waals surface area contributed by atoms with Crippen molar-refractivity contribution in [2.75, 3.05) is 7.11 Å². The molecule has 0 atom stereocenters. The minimum absolute atomic E-state index is 0.185. The second kappa shape index (κ2) is 7.71. The van der Waals surface area contributed by atoms with Gasteiger partial charge >= 0.3 is 5.97 Å². The number of phenols is 2. The Bertz CT molecular complexity index is 843. The topological polar surface area (TPSA) is 66.8 Å². The van der Waals surface area contributed by atoms with E-state index in [-0.39, 0.29) is 11.5 Å². The lowest BCUT2D eigenvalue weighted by molar-refractivity contribution is 0.0601. The van der Waals surface area contributed by atoms with Crippen LogP contribution in [0.5, 0.6) is 11.5 Å². The lowest BCUT2D eigenvalue weighted by atomic mass is 9.91. The Labute approximate surface area is 147 Å². The van der Waals surface area contributed by atoms with E-state index in [2.05, 4.69) is 6.58 Å². The zero-order valence-electron chi connectivity index (χ0n) is 14.7. The molecular formula is C21H22O4. The number of carbonyl (C=O) groups is 1. The third-order valence-electron chi connectivity index (χ3n) is 3.95. The van der Waals surface area contributed by atoms with Crippen LogP contribution in [0.3, 0.4) is 0 Å². The summed E-state index contributed by atoms with van der Waals surface area (Å²) in [6, 6.07) is 8.37. The molecule has 4 heteroatoms. The maximum atomic E-state index is 12.2. The third kappa shape index (κ3) is 3.91. The van der Waals surface area contributed by atoms with Gasteiger partial charge in [-0.15, -0.1) is 0 Å². The molecule has 0 spiro atoms. The molecule has 0 aliphatic carbocycles. The van der Waals surface area contributed by atoms with Crippen LogP contribution in [0.4, 0.5) is 0 Å². The van der Waals surface area contributed by atoms with Gasteiger partial charge in [0.05, 0.1) is 12.7 Å². The maximum absolute atomic E-state index is 12.2. The summed E-state index contributed by atoms with van der Waals surface area (Å²) in [6.07, 6.45) is 4.06. The fourth-order valence-corrected chi connectivity index (χ4v) is 2.59. The largest absolute Gasteiger partial charge is 0.504 e. The molecule has 130 valence electrons. The van der Waals surface area contributed by atoms with E-state index < -0.39 is 5.97 Å². The predicted octanol–water partition coefficient (Wildman–Crippen LogP) is 4.70. The number of methoxy groups -OCH3 is 1. The van der Waals surface area contributed by atoms with Crippen molar-refractivity contribution in [3.05, 3.63) is 65.3 Å². The molecule has 25 heavy (non-hydrogen) atoms. The number of carbonyl (C=O) groups excluding carboxylic acids is 1. The van der Waals surface area contributed by atoms with Crippen LogP contribution in [0.1, 0.15) is 35.3 Å². The lowest BCUT2D eigenvalue weighted by Gasteiger charge is -2.15. The minimum Gasteiger partial charge on any atom is -0.504 e. The molecule has 0 amide bonds. The quantitative estimate of drug-likeness (QED) is 0.471. The fourth-order valence-electron chi connectivity index (χ4n) is 2.59. The van der Waals surface area contributed by atoms with Crippen molar-refractivity contribution < 1.29 is 19.7 Å². The van der Waals surface area contributed by atoms with Gasteiger partial charge in [-0.25, -0.2) is 4.79 Å². The van der Waals surface area contributed by atoms with Gasteiger partial charge in [0.1, 0.15) is 0 Å². The number of hydrogen-bond acceptors (Lipinski definition) is 4. The van der Waals surface area contributed by atoms with Gasteiger partial charge in [0.25, 0.3) is 0 Å². The third-order valence-corrected chi connectivity index (χ3v) is 3.95. The van der Waals surface area contributed by atoms with Crippen molar-refractivity contribution in [1.29, 1.82) is 0 Å². The smallest absolute Gasteiger partial charge is 0.338 e. The van der Waals surface area contributed by atoms with Crippen molar-refractivity contribution in [3.63, 3.8) is 0 Å². The van der Waals surface area contributed by atoms with Crippen LogP contribution in [0.25, 0.3) is 17.2 Å². The number of phenolic OH excluding ortho intramolecular Hbond substituents is 2. The number of ether oxygens (including phenoxy) is 1. The SMILES string of the molecule is C=Cc1ccc(C(=O)OC)c(-c2ccc(O)c(O)c2CC=C(C)C)c1. The van der Waals surface area contributed by atoms with Gasteiger partial charge in [0.15, 0.2) is 11.5 Å². The van der Waals surface area contributed by atoms with E-state index in [0.717, 1.165) is 11.1 Å². The first-order chi connectivity index (χ1) is 11.9. The summed E-state index contributed by atoms with van der Waals surface area (Å²) in [5.41, 5.74) is 4.14. The second-order valence-corrected chi connectivity index (χ2v) is 5.95. The molecule has 0 unspecified atom stereocenters. The van der Waals surface area contributed by atoms with E-state index in [1.165, 1.54) is 13.2 Å². The van der Waals surface area contributed by atoms with E-state index >= 15 is 0 Å². The number of esters is 1. The predicted molar refractivity (Wildman–Crippen MR) is 99.8 cm³/mol. The molecule has 2 rings (SSSR count). The highest BCUT2D eigenvalue weighted by molar-refractivity contribution is 5.98. The summed E-state index contributed by atoms with van der Waals surface area (Å²) in [4.78, 5) is 12.2. The van der Waals surface area contributed by atoms with Crippen molar-refractivity contribution in [2.45, 2.75) is 20.3 Å². The highest BCUT2D eigenvalue weighted by Gasteiger charge is 2.19. The standard InChI is InChI=1S/C21H22O4/c1-5-14-7-9-17(21(24)25-4)18(12-14)15-10-11-19(22)20(23)16(15)8-6-13(2)3/h5-7,9-12,22-23H,1,8H2,2-4H3. The Hall–Kier alpha value is -3.01. The average molecular weight is 338 g/mol. The summed E-state index contributed by atoms with van der Waals surface area (Å²) >= 11 is 0. The van der Waals surface area contributed by atoms with Crippen molar-refractivity contribution in [2.24, 2.45) is 0 Å². The Morgan fingerprint density at radius 1 is 1.16 bits per heavy atom. The van der Waals surface area contributed by atoms with Crippen LogP contribution in [-0.4, -0.2) is 23.3 Å². The molecule has 2 N–H and O–H groups in total. The van der Waals surface area contributed by atoms with Gasteiger partial charge in [-0.3, -0.25) is 0 Å². The van der Waals surface area contributed by atoms with Gasteiger partial charge in [-0.2, -0.15) is 0 Å². The van der Waals surface area contributed by atoms with E-state index in [4.69, 9.17) is 4.74 Å². The Kier molecular flexibility index (Phi) is 5.65. The summed E-state index contributed by atoms with van der Waals surface area (Å²) in [5.74, 6) is -0.846. The van der Waals surface area contributed by atoms with E-state index in [1.807, 2.05) is 26.0 Å². The number of hydrogen-bond donors (Lipinski definition) is 2. The van der Waals surface area contributed by atoms with Gasteiger partial charge in [0, 0.05) is 5.56 Å². The zero-order valence-corrected chi connectivity index (χ0v) is 14.7. The molecule has 0 radical (unpaired) electrons. The molecular weight excluding hydrogens is 316 g/mol. The number of allylic oxidation sites excluding steroid dienone is 2. The highest BCUT2D eigenvalue weighted by atomic mass is 16.5. The van der Waals surface area contributed by atoms with Crippen LogP contribution >= 0.6 is 0 Å². The van der Waals surface area contributed by atoms with Crippen LogP contribution in [0.15, 0.2) is 48.6 Å². The average Bonchev–Trinajstić information content (AvgIpc) is 2.61. The van der Waals surface area contributed by atoms with Crippen molar-refractivity contribution in [1.82, 2.24) is 0 Å². The maximum Gasteiger partial charge on any atom is 0.338 e. The molecule has 2 aromatic rings. The minimum atomic E-state index is -0.466. The summed E-state index contributed by atoms with van der Waals surface area (Å²) in [7, 11) is 1.33. The van der Waals surface area contributed by atoms with Gasteiger partial charge in [-0.05, 0) is 55.2 Å². The van der Waals surface area contributed by atoms with Gasteiger partial charge < -0.3 is 14.9 Å². The number of aromatic hydroxyl groups is 2. The molecule has 0 heterocycles. The molecule has 0 bridgehead atoms. The normalized spacial score (nSPS) is 10.2. The molecule has 0 fully saturated rings. The van der Waals surface area contributed by atoms with Crippen molar-refractivity contribution >= 4 is 12.0 Å². The highest BCUT2D eigenvalue weighted by Crippen LogP contribution is 2.39. The van der Waals surface area contributed by atoms with Crippen LogP contribution in [0.2, 0.25) is 0 Å². The molecule has 0 aromatic heterocycles. The molecule has 4 nitrogen and oxygen atoms in total.